The fourth-order valence-electron chi connectivity index (χ4n) is 1.87. The minimum atomic E-state index is -0.350. The summed E-state index contributed by atoms with van der Waals surface area (Å²) in [6.07, 6.45) is -0.157. The van der Waals surface area contributed by atoms with Crippen molar-refractivity contribution < 1.29 is 14.1 Å². The molecule has 2 atom stereocenters. The summed E-state index contributed by atoms with van der Waals surface area (Å²) in [5.74, 6) is 0.577. The molecule has 0 radical (unpaired) electrons. The topological polar surface area (TPSA) is 68.5 Å². The lowest BCUT2D eigenvalue weighted by Gasteiger charge is -2.30. The van der Waals surface area contributed by atoms with Crippen LogP contribution in [-0.4, -0.2) is 47.1 Å². The summed E-state index contributed by atoms with van der Waals surface area (Å²) in [4.78, 5) is 17.8. The quantitative estimate of drug-likeness (QED) is 0.802. The van der Waals surface area contributed by atoms with Gasteiger partial charge in [0, 0.05) is 13.1 Å². The molecular weight excluding hydrogens is 234 g/mol. The van der Waals surface area contributed by atoms with E-state index in [-0.39, 0.29) is 17.8 Å². The number of morpholine rings is 1. The van der Waals surface area contributed by atoms with E-state index >= 15 is 0 Å². The Balaban J connectivity index is 2.07. The number of hydrogen-bond donors (Lipinski definition) is 0. The highest BCUT2D eigenvalue weighted by Crippen LogP contribution is 2.22. The summed E-state index contributed by atoms with van der Waals surface area (Å²) < 4.78 is 10.8. The number of likely N-dealkylation sites (N-methyl/N-ethyl adjacent to an activating group) is 1. The Morgan fingerprint density at radius 1 is 1.61 bits per heavy atom. The second kappa shape index (κ2) is 5.58. The van der Waals surface area contributed by atoms with Gasteiger partial charge in [0.15, 0.2) is 0 Å². The van der Waals surface area contributed by atoms with Crippen LogP contribution >= 0.6 is 0 Å². The van der Waals surface area contributed by atoms with E-state index in [4.69, 9.17) is 9.26 Å². The number of ketones is 1. The van der Waals surface area contributed by atoms with E-state index in [1.54, 1.807) is 6.92 Å². The maximum Gasteiger partial charge on any atom is 0.237 e. The molecule has 1 aliphatic heterocycles. The monoisotopic (exact) mass is 253 g/mol. The second-order valence-corrected chi connectivity index (χ2v) is 4.58. The van der Waals surface area contributed by atoms with E-state index in [0.29, 0.717) is 18.3 Å². The molecule has 1 aromatic heterocycles. The van der Waals surface area contributed by atoms with Crippen molar-refractivity contribution in [2.75, 3.05) is 26.2 Å². The van der Waals surface area contributed by atoms with Gasteiger partial charge in [0.2, 0.25) is 11.7 Å². The molecule has 0 aliphatic carbocycles. The standard InChI is InChI=1S/C12H19N3O3/c1-4-15-5-6-17-10(7-15)11-13-12(18-14-11)8(2)9(3)16/h8,10H,4-7H2,1-3H3. The van der Waals surface area contributed by atoms with Crippen LogP contribution in [0.5, 0.6) is 0 Å². The molecule has 2 heterocycles. The van der Waals surface area contributed by atoms with E-state index in [0.717, 1.165) is 19.6 Å². The highest BCUT2D eigenvalue weighted by molar-refractivity contribution is 5.81. The van der Waals surface area contributed by atoms with Gasteiger partial charge in [-0.1, -0.05) is 12.1 Å². The number of carbonyl (C=O) groups is 1. The minimum Gasteiger partial charge on any atom is -0.367 e. The Morgan fingerprint density at radius 2 is 2.39 bits per heavy atom. The summed E-state index contributed by atoms with van der Waals surface area (Å²) in [7, 11) is 0. The van der Waals surface area contributed by atoms with Crippen molar-refractivity contribution in [2.24, 2.45) is 0 Å². The Bertz CT molecular complexity index is 418. The first-order valence-electron chi connectivity index (χ1n) is 6.29. The van der Waals surface area contributed by atoms with Crippen molar-refractivity contribution in [3.63, 3.8) is 0 Å². The van der Waals surface area contributed by atoms with Gasteiger partial charge >= 0.3 is 0 Å². The van der Waals surface area contributed by atoms with E-state index in [9.17, 15) is 4.79 Å². The van der Waals surface area contributed by atoms with Gasteiger partial charge < -0.3 is 9.26 Å². The number of Topliss-reactive ketones (excluding diaryl/α,β-unsaturated/α-hetero) is 1. The normalized spacial score (nSPS) is 22.9. The molecule has 6 nitrogen and oxygen atoms in total. The molecule has 0 N–H and O–H groups in total. The van der Waals surface area contributed by atoms with Gasteiger partial charge in [-0.15, -0.1) is 0 Å². The molecule has 2 rings (SSSR count). The first kappa shape index (κ1) is 13.2. The van der Waals surface area contributed by atoms with Gasteiger partial charge in [-0.05, 0) is 20.4 Å². The Morgan fingerprint density at radius 3 is 3.06 bits per heavy atom. The third-order valence-corrected chi connectivity index (χ3v) is 3.32. The van der Waals surface area contributed by atoms with E-state index < -0.39 is 0 Å². The molecule has 6 heteroatoms. The molecule has 1 fully saturated rings. The third-order valence-electron chi connectivity index (χ3n) is 3.32. The number of carbonyl (C=O) groups excluding carboxylic acids is 1. The Labute approximate surface area is 106 Å². The summed E-state index contributed by atoms with van der Waals surface area (Å²) >= 11 is 0. The largest absolute Gasteiger partial charge is 0.367 e. The Hall–Kier alpha value is -1.27. The van der Waals surface area contributed by atoms with Crippen molar-refractivity contribution >= 4 is 5.78 Å². The van der Waals surface area contributed by atoms with Crippen LogP contribution in [0.3, 0.4) is 0 Å². The molecular formula is C12H19N3O3. The lowest BCUT2D eigenvalue weighted by Crippen LogP contribution is -2.38. The fourth-order valence-corrected chi connectivity index (χ4v) is 1.87. The number of aromatic nitrogens is 2. The lowest BCUT2D eigenvalue weighted by atomic mass is 10.1. The van der Waals surface area contributed by atoms with Gasteiger partial charge in [-0.25, -0.2) is 0 Å². The molecule has 0 spiro atoms. The average molecular weight is 253 g/mol. The van der Waals surface area contributed by atoms with Crippen LogP contribution in [0.4, 0.5) is 0 Å². The maximum absolute atomic E-state index is 11.3. The van der Waals surface area contributed by atoms with Gasteiger partial charge in [-0.2, -0.15) is 4.98 Å². The highest BCUT2D eigenvalue weighted by atomic mass is 16.5. The van der Waals surface area contributed by atoms with Crippen LogP contribution in [0.15, 0.2) is 4.52 Å². The van der Waals surface area contributed by atoms with Crippen LogP contribution in [0.1, 0.15) is 44.5 Å². The van der Waals surface area contributed by atoms with Crippen molar-refractivity contribution in [1.29, 1.82) is 0 Å². The molecule has 1 aromatic rings. The molecule has 1 saturated heterocycles. The summed E-state index contributed by atoms with van der Waals surface area (Å²) in [5, 5.41) is 3.92. The zero-order chi connectivity index (χ0) is 13.1. The predicted molar refractivity (Wildman–Crippen MR) is 64.2 cm³/mol. The van der Waals surface area contributed by atoms with Crippen molar-refractivity contribution in [3.05, 3.63) is 11.7 Å². The third kappa shape index (κ3) is 2.76. The molecule has 18 heavy (non-hydrogen) atoms. The van der Waals surface area contributed by atoms with E-state index in [1.807, 2.05) is 0 Å². The minimum absolute atomic E-state index is 0.0185. The van der Waals surface area contributed by atoms with Gasteiger partial charge in [0.25, 0.3) is 0 Å². The van der Waals surface area contributed by atoms with Crippen LogP contribution < -0.4 is 0 Å². The van der Waals surface area contributed by atoms with Crippen LogP contribution in [0.2, 0.25) is 0 Å². The molecule has 0 amide bonds. The number of ether oxygens (including phenoxy) is 1. The van der Waals surface area contributed by atoms with Crippen molar-refractivity contribution in [3.8, 4) is 0 Å². The molecule has 0 aromatic carbocycles. The summed E-state index contributed by atoms with van der Waals surface area (Å²) in [6, 6.07) is 0. The van der Waals surface area contributed by atoms with Crippen molar-refractivity contribution in [1.82, 2.24) is 15.0 Å². The molecule has 1 aliphatic rings. The molecule has 100 valence electrons. The van der Waals surface area contributed by atoms with Crippen LogP contribution in [-0.2, 0) is 9.53 Å². The highest BCUT2D eigenvalue weighted by Gasteiger charge is 2.27. The zero-order valence-corrected chi connectivity index (χ0v) is 11.0. The van der Waals surface area contributed by atoms with Crippen molar-refractivity contribution in [2.45, 2.75) is 32.8 Å². The SMILES string of the molecule is CCN1CCOC(c2noc(C(C)C(C)=O)n2)C1. The number of nitrogens with zero attached hydrogens (tertiary/aromatic N) is 3. The van der Waals surface area contributed by atoms with E-state index in [2.05, 4.69) is 22.0 Å². The Kier molecular flexibility index (Phi) is 4.08. The fraction of sp³-hybridized carbons (Fsp3) is 0.750. The predicted octanol–water partition coefficient (Wildman–Crippen LogP) is 1.16. The average Bonchev–Trinajstić information content (AvgIpc) is 2.87. The molecule has 0 saturated carbocycles. The lowest BCUT2D eigenvalue weighted by molar-refractivity contribution is -0.118. The first-order valence-corrected chi connectivity index (χ1v) is 6.29. The van der Waals surface area contributed by atoms with Gasteiger partial charge in [-0.3, -0.25) is 9.69 Å². The first-order chi connectivity index (χ1) is 8.61. The summed E-state index contributed by atoms with van der Waals surface area (Å²) in [6.45, 7) is 8.75. The second-order valence-electron chi connectivity index (χ2n) is 4.58. The smallest absolute Gasteiger partial charge is 0.237 e. The molecule has 0 bridgehead atoms. The van der Waals surface area contributed by atoms with Gasteiger partial charge in [0.05, 0.1) is 12.5 Å². The zero-order valence-electron chi connectivity index (χ0n) is 11.0. The molecule has 2 unspecified atom stereocenters. The summed E-state index contributed by atoms with van der Waals surface area (Å²) in [5.41, 5.74) is 0. The van der Waals surface area contributed by atoms with E-state index in [1.165, 1.54) is 6.92 Å². The number of rotatable bonds is 4. The van der Waals surface area contributed by atoms with Gasteiger partial charge in [0.1, 0.15) is 11.9 Å². The maximum atomic E-state index is 11.3. The van der Waals surface area contributed by atoms with Crippen LogP contribution in [0, 0.1) is 0 Å². The number of hydrogen-bond acceptors (Lipinski definition) is 6. The van der Waals surface area contributed by atoms with Crippen LogP contribution in [0.25, 0.3) is 0 Å².